The number of benzene rings is 1. The summed E-state index contributed by atoms with van der Waals surface area (Å²) in [6, 6.07) is 13.4. The minimum atomic E-state index is -0.0893. The molecule has 3 aromatic rings. The summed E-state index contributed by atoms with van der Waals surface area (Å²) in [4.78, 5) is 18.9. The zero-order chi connectivity index (χ0) is 18.4. The van der Waals surface area contributed by atoms with Crippen LogP contribution in [0, 0.1) is 0 Å². The molecule has 0 unspecified atom stereocenters. The van der Waals surface area contributed by atoms with E-state index in [9.17, 15) is 4.79 Å². The number of nitrogens with one attached hydrogen (secondary N) is 1. The van der Waals surface area contributed by atoms with Gasteiger partial charge in [0.1, 0.15) is 0 Å². The van der Waals surface area contributed by atoms with Crippen LogP contribution >= 0.6 is 0 Å². The van der Waals surface area contributed by atoms with Crippen molar-refractivity contribution >= 4 is 11.6 Å². The van der Waals surface area contributed by atoms with Crippen LogP contribution in [0.2, 0.25) is 0 Å². The fourth-order valence-electron chi connectivity index (χ4n) is 2.80. The number of anilines is 1. The Hall–Kier alpha value is -3.15. The normalized spacial score (nSPS) is 10.5. The Balaban J connectivity index is 1.63. The van der Waals surface area contributed by atoms with Crippen LogP contribution in [0.25, 0.3) is 5.82 Å². The molecule has 0 aliphatic carbocycles. The van der Waals surface area contributed by atoms with Crippen LogP contribution in [0.15, 0.2) is 61.1 Å². The Labute approximate surface area is 153 Å². The summed E-state index contributed by atoms with van der Waals surface area (Å²) >= 11 is 0. The SMILES string of the molecule is CCN(CC)c1ccc(C(=O)NCc2ccnc(-n3cccn3)c2)cc1. The van der Waals surface area contributed by atoms with Crippen molar-refractivity contribution in [2.45, 2.75) is 20.4 Å². The molecule has 0 saturated carbocycles. The van der Waals surface area contributed by atoms with E-state index in [4.69, 9.17) is 0 Å². The molecule has 1 N–H and O–H groups in total. The number of pyridine rings is 1. The molecule has 26 heavy (non-hydrogen) atoms. The van der Waals surface area contributed by atoms with Gasteiger partial charge in [-0.2, -0.15) is 5.10 Å². The molecule has 0 spiro atoms. The van der Waals surface area contributed by atoms with Crippen molar-refractivity contribution in [3.8, 4) is 5.82 Å². The van der Waals surface area contributed by atoms with Crippen molar-refractivity contribution < 1.29 is 4.79 Å². The van der Waals surface area contributed by atoms with Crippen LogP contribution in [-0.2, 0) is 6.54 Å². The lowest BCUT2D eigenvalue weighted by Gasteiger charge is -2.21. The number of amides is 1. The number of rotatable bonds is 7. The molecule has 6 heteroatoms. The van der Waals surface area contributed by atoms with Gasteiger partial charge < -0.3 is 10.2 Å². The van der Waals surface area contributed by atoms with Gasteiger partial charge >= 0.3 is 0 Å². The Bertz CT molecular complexity index is 839. The van der Waals surface area contributed by atoms with Crippen LogP contribution < -0.4 is 10.2 Å². The second-order valence-corrected chi connectivity index (χ2v) is 5.87. The molecule has 0 saturated heterocycles. The number of carbonyl (C=O) groups is 1. The number of nitrogens with zero attached hydrogens (tertiary/aromatic N) is 4. The van der Waals surface area contributed by atoms with Gasteiger partial charge in [-0.15, -0.1) is 0 Å². The predicted molar refractivity (Wildman–Crippen MR) is 103 cm³/mol. The predicted octanol–water partition coefficient (Wildman–Crippen LogP) is 3.04. The molecule has 2 aromatic heterocycles. The molecule has 0 aliphatic heterocycles. The first-order valence-electron chi connectivity index (χ1n) is 8.79. The van der Waals surface area contributed by atoms with Crippen LogP contribution in [0.1, 0.15) is 29.8 Å². The van der Waals surface area contributed by atoms with Gasteiger partial charge in [-0.25, -0.2) is 9.67 Å². The van der Waals surface area contributed by atoms with E-state index in [0.29, 0.717) is 12.1 Å². The molecule has 1 amide bonds. The van der Waals surface area contributed by atoms with Crippen molar-refractivity contribution in [1.82, 2.24) is 20.1 Å². The van der Waals surface area contributed by atoms with E-state index in [-0.39, 0.29) is 5.91 Å². The van der Waals surface area contributed by atoms with Crippen molar-refractivity contribution in [2.24, 2.45) is 0 Å². The maximum Gasteiger partial charge on any atom is 0.251 e. The molecule has 134 valence electrons. The molecule has 2 heterocycles. The molecular formula is C20H23N5O. The smallest absolute Gasteiger partial charge is 0.251 e. The topological polar surface area (TPSA) is 63.1 Å². The lowest BCUT2D eigenvalue weighted by molar-refractivity contribution is 0.0951. The van der Waals surface area contributed by atoms with E-state index in [2.05, 4.69) is 34.1 Å². The lowest BCUT2D eigenvalue weighted by atomic mass is 10.1. The van der Waals surface area contributed by atoms with Crippen molar-refractivity contribution in [3.63, 3.8) is 0 Å². The largest absolute Gasteiger partial charge is 0.372 e. The van der Waals surface area contributed by atoms with E-state index < -0.39 is 0 Å². The average molecular weight is 349 g/mol. The molecule has 0 atom stereocenters. The quantitative estimate of drug-likeness (QED) is 0.712. The van der Waals surface area contributed by atoms with Gasteiger partial charge in [0.25, 0.3) is 5.91 Å². The third-order valence-corrected chi connectivity index (χ3v) is 4.26. The summed E-state index contributed by atoms with van der Waals surface area (Å²) in [5.41, 5.74) is 2.76. The van der Waals surface area contributed by atoms with Gasteiger partial charge in [0.15, 0.2) is 5.82 Å². The molecular weight excluding hydrogens is 326 g/mol. The summed E-state index contributed by atoms with van der Waals surface area (Å²) < 4.78 is 1.69. The fraction of sp³-hybridized carbons (Fsp3) is 0.250. The maximum atomic E-state index is 12.4. The zero-order valence-electron chi connectivity index (χ0n) is 15.1. The summed E-state index contributed by atoms with van der Waals surface area (Å²) in [7, 11) is 0. The Kier molecular flexibility index (Phi) is 5.63. The van der Waals surface area contributed by atoms with Crippen LogP contribution in [0.4, 0.5) is 5.69 Å². The summed E-state index contributed by atoms with van der Waals surface area (Å²) in [6.45, 7) is 6.57. The van der Waals surface area contributed by atoms with Gasteiger partial charge in [0.05, 0.1) is 0 Å². The first-order valence-corrected chi connectivity index (χ1v) is 8.79. The van der Waals surface area contributed by atoms with Gasteiger partial charge in [-0.05, 0) is 61.9 Å². The van der Waals surface area contributed by atoms with E-state index >= 15 is 0 Å². The first-order chi connectivity index (χ1) is 12.7. The zero-order valence-corrected chi connectivity index (χ0v) is 15.1. The molecule has 0 radical (unpaired) electrons. The van der Waals surface area contributed by atoms with E-state index in [1.54, 1.807) is 17.1 Å². The molecule has 6 nitrogen and oxygen atoms in total. The number of aromatic nitrogens is 3. The highest BCUT2D eigenvalue weighted by molar-refractivity contribution is 5.94. The number of hydrogen-bond acceptors (Lipinski definition) is 4. The van der Waals surface area contributed by atoms with Gasteiger partial charge in [-0.3, -0.25) is 4.79 Å². The maximum absolute atomic E-state index is 12.4. The Morgan fingerprint density at radius 3 is 2.54 bits per heavy atom. The summed E-state index contributed by atoms with van der Waals surface area (Å²) in [5, 5.41) is 7.12. The minimum Gasteiger partial charge on any atom is -0.372 e. The molecule has 3 rings (SSSR count). The Morgan fingerprint density at radius 1 is 1.12 bits per heavy atom. The fourth-order valence-corrected chi connectivity index (χ4v) is 2.80. The van der Waals surface area contributed by atoms with Gasteiger partial charge in [0, 0.05) is 49.5 Å². The highest BCUT2D eigenvalue weighted by Crippen LogP contribution is 2.15. The summed E-state index contributed by atoms with van der Waals surface area (Å²) in [6.07, 6.45) is 5.26. The highest BCUT2D eigenvalue weighted by Gasteiger charge is 2.08. The van der Waals surface area contributed by atoms with Gasteiger partial charge in [-0.1, -0.05) is 0 Å². The third-order valence-electron chi connectivity index (χ3n) is 4.26. The van der Waals surface area contributed by atoms with Crippen LogP contribution in [0.5, 0.6) is 0 Å². The third kappa shape index (κ3) is 4.08. The first kappa shape index (κ1) is 17.7. The number of hydrogen-bond donors (Lipinski definition) is 1. The molecule has 1 aromatic carbocycles. The van der Waals surface area contributed by atoms with Crippen LogP contribution in [0.3, 0.4) is 0 Å². The highest BCUT2D eigenvalue weighted by atomic mass is 16.1. The second-order valence-electron chi connectivity index (χ2n) is 5.87. The minimum absolute atomic E-state index is 0.0893. The Morgan fingerprint density at radius 2 is 1.88 bits per heavy atom. The molecule has 0 fully saturated rings. The van der Waals surface area contributed by atoms with E-state index in [1.165, 1.54) is 0 Å². The van der Waals surface area contributed by atoms with Crippen molar-refractivity contribution in [1.29, 1.82) is 0 Å². The van der Waals surface area contributed by atoms with Crippen molar-refractivity contribution in [2.75, 3.05) is 18.0 Å². The molecule has 0 aliphatic rings. The lowest BCUT2D eigenvalue weighted by Crippen LogP contribution is -2.24. The standard InChI is InChI=1S/C20H23N5O/c1-3-24(4-2)18-8-6-17(7-9-18)20(26)22-15-16-10-12-21-19(14-16)25-13-5-11-23-25/h5-14H,3-4,15H2,1-2H3,(H,22,26). The van der Waals surface area contributed by atoms with Gasteiger partial charge in [0.2, 0.25) is 0 Å². The molecule has 0 bridgehead atoms. The monoisotopic (exact) mass is 349 g/mol. The van der Waals surface area contributed by atoms with Crippen LogP contribution in [-0.4, -0.2) is 33.8 Å². The van der Waals surface area contributed by atoms with E-state index in [0.717, 1.165) is 30.2 Å². The average Bonchev–Trinajstić information content (AvgIpc) is 3.23. The number of carbonyl (C=O) groups excluding carboxylic acids is 1. The second kappa shape index (κ2) is 8.29. The van der Waals surface area contributed by atoms with Crippen molar-refractivity contribution in [3.05, 3.63) is 72.2 Å². The van der Waals surface area contributed by atoms with E-state index in [1.807, 2.05) is 48.7 Å². The summed E-state index contributed by atoms with van der Waals surface area (Å²) in [5.74, 6) is 0.638.